The standard InChI is InChI=1S/C57H47N/c1-55(2)48-22-14-12-19-43(48)44-31-29-40(35-51(44)55)58(52-33-32-41(37-16-8-7-9-17-37)42-18-10-11-20-45(42)52)39-27-24-36(25-28-39)38-26-30-47-50(34-38)57(5,6)53-46-21-13-15-23-49(46)56(3,4)54(47)53/h7-35H,1-6H3. The van der Waals surface area contributed by atoms with Gasteiger partial charge in [0.15, 0.2) is 0 Å². The zero-order valence-electron chi connectivity index (χ0n) is 34.2. The van der Waals surface area contributed by atoms with E-state index in [0.29, 0.717) is 0 Å². The fourth-order valence-electron chi connectivity index (χ4n) is 11.0. The molecule has 0 amide bonds. The van der Waals surface area contributed by atoms with Crippen LogP contribution in [-0.4, -0.2) is 0 Å². The lowest BCUT2D eigenvalue weighted by molar-refractivity contribution is 0.660. The van der Waals surface area contributed by atoms with Crippen molar-refractivity contribution in [1.29, 1.82) is 0 Å². The van der Waals surface area contributed by atoms with Crippen LogP contribution in [0.3, 0.4) is 0 Å². The van der Waals surface area contributed by atoms with Gasteiger partial charge < -0.3 is 4.90 Å². The molecule has 1 nitrogen and oxygen atoms in total. The predicted molar refractivity (Wildman–Crippen MR) is 246 cm³/mol. The van der Waals surface area contributed by atoms with Crippen LogP contribution in [0.2, 0.25) is 0 Å². The number of hydrogen-bond acceptors (Lipinski definition) is 1. The van der Waals surface area contributed by atoms with Crippen molar-refractivity contribution < 1.29 is 0 Å². The van der Waals surface area contributed by atoms with Crippen molar-refractivity contribution in [1.82, 2.24) is 0 Å². The number of hydrogen-bond donors (Lipinski definition) is 0. The van der Waals surface area contributed by atoms with E-state index in [1.165, 1.54) is 94.4 Å². The molecular formula is C57H47N. The lowest BCUT2D eigenvalue weighted by atomic mass is 9.75. The average molecular weight is 746 g/mol. The van der Waals surface area contributed by atoms with E-state index in [1.807, 2.05) is 0 Å². The molecule has 0 aliphatic heterocycles. The fraction of sp³-hybridized carbons (Fsp3) is 0.158. The molecule has 11 rings (SSSR count). The molecule has 3 aliphatic carbocycles. The lowest BCUT2D eigenvalue weighted by Crippen LogP contribution is -2.19. The van der Waals surface area contributed by atoms with E-state index in [-0.39, 0.29) is 16.2 Å². The smallest absolute Gasteiger partial charge is 0.0540 e. The Morgan fingerprint density at radius 1 is 0.310 bits per heavy atom. The van der Waals surface area contributed by atoms with E-state index in [0.717, 1.165) is 11.4 Å². The van der Waals surface area contributed by atoms with Crippen molar-refractivity contribution >= 4 is 39.0 Å². The van der Waals surface area contributed by atoms with Crippen LogP contribution in [0.5, 0.6) is 0 Å². The molecule has 0 fully saturated rings. The van der Waals surface area contributed by atoms with Gasteiger partial charge in [0.05, 0.1) is 5.69 Å². The van der Waals surface area contributed by atoms with E-state index >= 15 is 0 Å². The number of nitrogens with zero attached hydrogens (tertiary/aromatic N) is 1. The van der Waals surface area contributed by atoms with Gasteiger partial charge in [-0.1, -0.05) is 181 Å². The maximum atomic E-state index is 2.47. The molecule has 3 aliphatic rings. The van der Waals surface area contributed by atoms with Gasteiger partial charge in [0.2, 0.25) is 0 Å². The molecule has 0 radical (unpaired) electrons. The van der Waals surface area contributed by atoms with Crippen LogP contribution in [0.15, 0.2) is 176 Å². The quantitative estimate of drug-likeness (QED) is 0.170. The third kappa shape index (κ3) is 4.83. The van der Waals surface area contributed by atoms with Gasteiger partial charge in [0, 0.05) is 33.0 Å². The molecule has 1 heteroatoms. The average Bonchev–Trinajstić information content (AvgIpc) is 3.75. The number of fused-ring (bicyclic) bond motifs is 8. The minimum absolute atomic E-state index is 0.0277. The van der Waals surface area contributed by atoms with E-state index in [2.05, 4.69) is 222 Å². The summed E-state index contributed by atoms with van der Waals surface area (Å²) in [7, 11) is 0. The van der Waals surface area contributed by atoms with Crippen LogP contribution >= 0.6 is 0 Å². The summed E-state index contributed by atoms with van der Waals surface area (Å²) in [6, 6.07) is 65.8. The van der Waals surface area contributed by atoms with Gasteiger partial charge in [-0.15, -0.1) is 0 Å². The lowest BCUT2D eigenvalue weighted by Gasteiger charge is -2.30. The van der Waals surface area contributed by atoms with Crippen LogP contribution in [0.25, 0.3) is 55.3 Å². The zero-order valence-corrected chi connectivity index (χ0v) is 34.2. The van der Waals surface area contributed by atoms with Crippen LogP contribution in [0, 0.1) is 0 Å². The number of anilines is 3. The summed E-state index contributed by atoms with van der Waals surface area (Å²) < 4.78 is 0. The van der Waals surface area contributed by atoms with Crippen molar-refractivity contribution in [2.45, 2.75) is 57.8 Å². The van der Waals surface area contributed by atoms with Crippen LogP contribution in [-0.2, 0) is 16.2 Å². The summed E-state index contributed by atoms with van der Waals surface area (Å²) in [6.07, 6.45) is 0. The summed E-state index contributed by atoms with van der Waals surface area (Å²) >= 11 is 0. The first-order valence-corrected chi connectivity index (χ1v) is 20.8. The van der Waals surface area contributed by atoms with E-state index in [1.54, 1.807) is 0 Å². The topological polar surface area (TPSA) is 3.24 Å². The highest BCUT2D eigenvalue weighted by Gasteiger charge is 2.49. The Labute approximate surface area is 343 Å². The molecule has 0 aromatic heterocycles. The highest BCUT2D eigenvalue weighted by Crippen LogP contribution is 2.62. The molecule has 0 saturated carbocycles. The Morgan fingerprint density at radius 2 is 0.810 bits per heavy atom. The molecule has 280 valence electrons. The Bertz CT molecular complexity index is 3010. The minimum Gasteiger partial charge on any atom is -0.310 e. The summed E-state index contributed by atoms with van der Waals surface area (Å²) in [6.45, 7) is 14.4. The van der Waals surface area contributed by atoms with E-state index < -0.39 is 0 Å². The maximum absolute atomic E-state index is 2.47. The van der Waals surface area contributed by atoms with Crippen molar-refractivity contribution in [2.24, 2.45) is 0 Å². The van der Waals surface area contributed by atoms with Gasteiger partial charge in [-0.25, -0.2) is 0 Å². The second kappa shape index (κ2) is 12.3. The highest BCUT2D eigenvalue weighted by atomic mass is 15.1. The molecular weight excluding hydrogens is 699 g/mol. The Balaban J connectivity index is 1.04. The van der Waals surface area contributed by atoms with E-state index in [9.17, 15) is 0 Å². The summed E-state index contributed by atoms with van der Waals surface area (Å²) in [4.78, 5) is 2.47. The van der Waals surface area contributed by atoms with Crippen LogP contribution in [0.4, 0.5) is 17.1 Å². The molecule has 8 aromatic rings. The van der Waals surface area contributed by atoms with Crippen LogP contribution < -0.4 is 4.90 Å². The van der Waals surface area contributed by atoms with Gasteiger partial charge in [0.1, 0.15) is 0 Å². The highest BCUT2D eigenvalue weighted by molar-refractivity contribution is 6.10. The second-order valence-electron chi connectivity index (χ2n) is 18.1. The van der Waals surface area contributed by atoms with Crippen molar-refractivity contribution in [2.75, 3.05) is 4.90 Å². The third-order valence-corrected chi connectivity index (χ3v) is 13.8. The number of allylic oxidation sites excluding steroid dienone is 2. The predicted octanol–water partition coefficient (Wildman–Crippen LogP) is 15.4. The van der Waals surface area contributed by atoms with E-state index in [4.69, 9.17) is 0 Å². The molecule has 0 N–H and O–H groups in total. The summed E-state index contributed by atoms with van der Waals surface area (Å²) in [5.41, 5.74) is 22.3. The molecule has 0 bridgehead atoms. The van der Waals surface area contributed by atoms with Crippen molar-refractivity contribution in [3.05, 3.63) is 209 Å². The van der Waals surface area contributed by atoms with Gasteiger partial charge >= 0.3 is 0 Å². The molecule has 0 spiro atoms. The monoisotopic (exact) mass is 745 g/mol. The fourth-order valence-corrected chi connectivity index (χ4v) is 11.0. The maximum Gasteiger partial charge on any atom is 0.0540 e. The van der Waals surface area contributed by atoms with Crippen LogP contribution in [0.1, 0.15) is 74.9 Å². The van der Waals surface area contributed by atoms with Gasteiger partial charge in [0.25, 0.3) is 0 Å². The summed E-state index contributed by atoms with van der Waals surface area (Å²) in [5, 5.41) is 2.47. The summed E-state index contributed by atoms with van der Waals surface area (Å²) in [5.74, 6) is 0. The normalized spacial score (nSPS) is 16.1. The van der Waals surface area contributed by atoms with Crippen molar-refractivity contribution in [3.8, 4) is 33.4 Å². The molecule has 0 unspecified atom stereocenters. The molecule has 58 heavy (non-hydrogen) atoms. The molecule has 0 atom stereocenters. The second-order valence-corrected chi connectivity index (χ2v) is 18.1. The zero-order chi connectivity index (χ0) is 39.6. The molecule has 8 aromatic carbocycles. The first-order valence-electron chi connectivity index (χ1n) is 20.8. The Kier molecular flexibility index (Phi) is 7.36. The largest absolute Gasteiger partial charge is 0.310 e. The van der Waals surface area contributed by atoms with Gasteiger partial charge in [-0.3, -0.25) is 0 Å². The number of rotatable bonds is 5. The molecule has 0 saturated heterocycles. The number of benzene rings is 8. The Hall–Kier alpha value is -6.44. The first-order chi connectivity index (χ1) is 28.0. The third-order valence-electron chi connectivity index (χ3n) is 13.8. The molecule has 0 heterocycles. The minimum atomic E-state index is -0.107. The SMILES string of the molecule is CC1(C)C2=C(c3ccccc31)C(C)(C)c1cc(-c3ccc(N(c4ccc5c(c4)C(C)(C)c4ccccc4-5)c4ccc(-c5ccccc5)c5ccccc45)cc3)ccc12. The van der Waals surface area contributed by atoms with Gasteiger partial charge in [-0.05, 0) is 120 Å². The first kappa shape index (κ1) is 34.8. The van der Waals surface area contributed by atoms with Crippen molar-refractivity contribution in [3.63, 3.8) is 0 Å². The van der Waals surface area contributed by atoms with Gasteiger partial charge in [-0.2, -0.15) is 0 Å². The Morgan fingerprint density at radius 3 is 1.55 bits per heavy atom.